The zero-order valence-corrected chi connectivity index (χ0v) is 19.2. The van der Waals surface area contributed by atoms with Crippen molar-refractivity contribution in [1.29, 1.82) is 0 Å². The monoisotopic (exact) mass is 521 g/mol. The summed E-state index contributed by atoms with van der Waals surface area (Å²) in [5, 5.41) is 5.25. The number of nitrogens with one attached hydrogen (secondary N) is 2. The molecule has 0 saturated carbocycles. The van der Waals surface area contributed by atoms with Crippen LogP contribution >= 0.6 is 23.2 Å². The number of alkyl halides is 3. The molecule has 2 amide bonds. The second kappa shape index (κ2) is 9.93. The summed E-state index contributed by atoms with van der Waals surface area (Å²) in [6.45, 7) is 0.124. The molecule has 0 radical (unpaired) electrons. The molecule has 0 fully saturated rings. The van der Waals surface area contributed by atoms with E-state index in [4.69, 9.17) is 23.2 Å². The van der Waals surface area contributed by atoms with E-state index < -0.39 is 30.1 Å². The first kappa shape index (κ1) is 24.5. The maximum atomic E-state index is 13.8. The van der Waals surface area contributed by atoms with E-state index in [9.17, 15) is 22.8 Å². The minimum Gasteiger partial charge on any atom is -0.352 e. The number of pyridine rings is 2. The van der Waals surface area contributed by atoms with Crippen LogP contribution in [0.5, 0.6) is 0 Å². The van der Waals surface area contributed by atoms with Gasteiger partial charge in [0.15, 0.2) is 11.3 Å². The molecule has 0 atom stereocenters. The minimum atomic E-state index is -4.83. The number of benzene rings is 1. The summed E-state index contributed by atoms with van der Waals surface area (Å²) in [7, 11) is 0. The Labute approximate surface area is 206 Å². The standard InChI is InChI=1S/C23H16Cl2F3N5O2/c24-14-3-1-4-15(25)19(14)22(35)31-16-5-2-10-33-17(20(23(26,27)28)32-21(16)33)11-18(34)30-12-13-6-8-29-9-7-13/h1-10H,11-12H2,(H,30,34)(H,31,35). The van der Waals surface area contributed by atoms with Crippen molar-refractivity contribution >= 4 is 46.4 Å². The molecule has 4 aromatic rings. The summed E-state index contributed by atoms with van der Waals surface area (Å²) in [6, 6.07) is 10.6. The van der Waals surface area contributed by atoms with Crippen molar-refractivity contribution in [3.8, 4) is 0 Å². The van der Waals surface area contributed by atoms with Gasteiger partial charge in [0.2, 0.25) is 5.91 Å². The molecule has 0 unspecified atom stereocenters. The number of nitrogens with zero attached hydrogens (tertiary/aromatic N) is 3. The fourth-order valence-electron chi connectivity index (χ4n) is 3.43. The van der Waals surface area contributed by atoms with Crippen molar-refractivity contribution in [2.75, 3.05) is 5.32 Å². The zero-order chi connectivity index (χ0) is 25.2. The van der Waals surface area contributed by atoms with Gasteiger partial charge in [0, 0.05) is 25.1 Å². The van der Waals surface area contributed by atoms with E-state index in [0.29, 0.717) is 0 Å². The summed E-state index contributed by atoms with van der Waals surface area (Å²) in [6.07, 6.45) is -1.01. The van der Waals surface area contributed by atoms with Gasteiger partial charge in [0.05, 0.1) is 33.4 Å². The van der Waals surface area contributed by atoms with Gasteiger partial charge >= 0.3 is 6.18 Å². The molecule has 0 aliphatic carbocycles. The van der Waals surface area contributed by atoms with Crippen LogP contribution in [0.15, 0.2) is 61.1 Å². The second-order valence-electron chi connectivity index (χ2n) is 7.38. The highest BCUT2D eigenvalue weighted by molar-refractivity contribution is 6.40. The molecule has 1 aromatic carbocycles. The Hall–Kier alpha value is -3.63. The summed E-state index contributed by atoms with van der Waals surface area (Å²) >= 11 is 12.1. The second-order valence-corrected chi connectivity index (χ2v) is 8.19. The summed E-state index contributed by atoms with van der Waals surface area (Å²) in [5.74, 6) is -1.35. The van der Waals surface area contributed by atoms with Gasteiger partial charge < -0.3 is 15.0 Å². The maximum Gasteiger partial charge on any atom is 0.435 e. The Morgan fingerprint density at radius 3 is 2.34 bits per heavy atom. The number of amides is 2. The van der Waals surface area contributed by atoms with Gasteiger partial charge in [0.1, 0.15) is 0 Å². The van der Waals surface area contributed by atoms with E-state index in [1.807, 2.05) is 0 Å². The number of halogens is 5. The van der Waals surface area contributed by atoms with E-state index in [1.165, 1.54) is 30.5 Å². The molecule has 3 aromatic heterocycles. The number of hydrogen-bond donors (Lipinski definition) is 2. The summed E-state index contributed by atoms with van der Waals surface area (Å²) in [4.78, 5) is 32.9. The number of imidazole rings is 1. The van der Waals surface area contributed by atoms with Crippen molar-refractivity contribution in [3.05, 3.63) is 93.6 Å². The predicted octanol–water partition coefficient (Wildman–Crippen LogP) is 5.17. The number of anilines is 1. The molecule has 0 spiro atoms. The third kappa shape index (κ3) is 5.39. The number of rotatable bonds is 6. The van der Waals surface area contributed by atoms with E-state index in [0.717, 1.165) is 9.96 Å². The van der Waals surface area contributed by atoms with Gasteiger partial charge in [-0.05, 0) is 42.0 Å². The molecule has 180 valence electrons. The van der Waals surface area contributed by atoms with Crippen LogP contribution in [0.1, 0.15) is 27.3 Å². The van der Waals surface area contributed by atoms with E-state index in [2.05, 4.69) is 20.6 Å². The van der Waals surface area contributed by atoms with Crippen molar-refractivity contribution in [2.45, 2.75) is 19.1 Å². The van der Waals surface area contributed by atoms with Crippen LogP contribution in [0.2, 0.25) is 10.0 Å². The average Bonchev–Trinajstić information content (AvgIpc) is 3.18. The van der Waals surface area contributed by atoms with Gasteiger partial charge in [-0.2, -0.15) is 13.2 Å². The maximum absolute atomic E-state index is 13.8. The number of carbonyl (C=O) groups is 2. The molecule has 4 rings (SSSR count). The Kier molecular flexibility index (Phi) is 6.95. The van der Waals surface area contributed by atoms with Crippen LogP contribution in [0.4, 0.5) is 18.9 Å². The number of carbonyl (C=O) groups excluding carboxylic acids is 2. The Bertz CT molecular complexity index is 1390. The lowest BCUT2D eigenvalue weighted by Gasteiger charge is -2.10. The Morgan fingerprint density at radius 2 is 1.69 bits per heavy atom. The van der Waals surface area contributed by atoms with E-state index in [1.54, 1.807) is 30.6 Å². The highest BCUT2D eigenvalue weighted by Crippen LogP contribution is 2.34. The lowest BCUT2D eigenvalue weighted by atomic mass is 10.2. The molecule has 35 heavy (non-hydrogen) atoms. The average molecular weight is 522 g/mol. The van der Waals surface area contributed by atoms with Crippen LogP contribution in [0, 0.1) is 0 Å². The highest BCUT2D eigenvalue weighted by Gasteiger charge is 2.38. The first-order chi connectivity index (χ1) is 16.6. The molecule has 0 saturated heterocycles. The van der Waals surface area contributed by atoms with E-state index in [-0.39, 0.29) is 39.2 Å². The van der Waals surface area contributed by atoms with Crippen LogP contribution in [-0.4, -0.2) is 26.2 Å². The van der Waals surface area contributed by atoms with Crippen molar-refractivity contribution < 1.29 is 22.8 Å². The van der Waals surface area contributed by atoms with Crippen molar-refractivity contribution in [2.24, 2.45) is 0 Å². The molecule has 12 heteroatoms. The SMILES string of the molecule is O=C(Cc1c(C(F)(F)F)nc2c(NC(=O)c3c(Cl)cccc3Cl)cccn12)NCc1ccncc1. The lowest BCUT2D eigenvalue weighted by Crippen LogP contribution is -2.26. The number of hydrogen-bond acceptors (Lipinski definition) is 4. The largest absolute Gasteiger partial charge is 0.435 e. The fraction of sp³-hybridized carbons (Fsp3) is 0.130. The van der Waals surface area contributed by atoms with E-state index >= 15 is 0 Å². The van der Waals surface area contributed by atoms with Gasteiger partial charge in [-0.1, -0.05) is 29.3 Å². The first-order valence-electron chi connectivity index (χ1n) is 10.1. The molecule has 0 aliphatic rings. The molecular weight excluding hydrogens is 506 g/mol. The van der Waals surface area contributed by atoms with Gasteiger partial charge in [-0.3, -0.25) is 14.6 Å². The summed E-state index contributed by atoms with van der Waals surface area (Å²) in [5.41, 5.74) is -1.08. The fourth-order valence-corrected chi connectivity index (χ4v) is 3.99. The topological polar surface area (TPSA) is 88.4 Å². The smallest absolute Gasteiger partial charge is 0.352 e. The molecular formula is C23H16Cl2F3N5O2. The number of aromatic nitrogens is 3. The van der Waals surface area contributed by atoms with Gasteiger partial charge in [-0.25, -0.2) is 4.98 Å². The van der Waals surface area contributed by atoms with Crippen LogP contribution in [-0.2, 0) is 23.9 Å². The summed E-state index contributed by atoms with van der Waals surface area (Å²) < 4.78 is 42.6. The molecule has 7 nitrogen and oxygen atoms in total. The van der Waals surface area contributed by atoms with Crippen LogP contribution < -0.4 is 10.6 Å². The molecule has 0 aliphatic heterocycles. The van der Waals surface area contributed by atoms with Gasteiger partial charge in [0.25, 0.3) is 5.91 Å². The molecule has 3 heterocycles. The van der Waals surface area contributed by atoms with Crippen LogP contribution in [0.25, 0.3) is 5.65 Å². The van der Waals surface area contributed by atoms with Gasteiger partial charge in [-0.15, -0.1) is 0 Å². The van der Waals surface area contributed by atoms with Crippen molar-refractivity contribution in [3.63, 3.8) is 0 Å². The van der Waals surface area contributed by atoms with Crippen molar-refractivity contribution in [1.82, 2.24) is 19.7 Å². The minimum absolute atomic E-state index is 0.0116. The lowest BCUT2D eigenvalue weighted by molar-refractivity contribution is -0.141. The highest BCUT2D eigenvalue weighted by atomic mass is 35.5. The normalized spacial score (nSPS) is 11.5. The third-order valence-corrected chi connectivity index (χ3v) is 5.65. The first-order valence-corrected chi connectivity index (χ1v) is 10.9. The Morgan fingerprint density at radius 1 is 1.00 bits per heavy atom. The zero-order valence-electron chi connectivity index (χ0n) is 17.7. The third-order valence-electron chi connectivity index (χ3n) is 5.02. The van der Waals surface area contributed by atoms with Crippen LogP contribution in [0.3, 0.4) is 0 Å². The molecule has 0 bridgehead atoms. The molecule has 2 N–H and O–H groups in total. The Balaban J connectivity index is 1.66. The predicted molar refractivity (Wildman–Crippen MR) is 124 cm³/mol. The quantitative estimate of drug-likeness (QED) is 0.366. The number of fused-ring (bicyclic) bond motifs is 1.